The van der Waals surface area contributed by atoms with Crippen molar-refractivity contribution in [3.63, 3.8) is 0 Å². The van der Waals surface area contributed by atoms with E-state index in [4.69, 9.17) is 14.5 Å². The van der Waals surface area contributed by atoms with E-state index in [2.05, 4.69) is 73.2 Å². The Hall–Kier alpha value is -3.21. The quantitative estimate of drug-likeness (QED) is 0.485. The van der Waals surface area contributed by atoms with Crippen LogP contribution < -0.4 is 19.3 Å². The van der Waals surface area contributed by atoms with E-state index in [1.54, 1.807) is 7.11 Å². The first-order valence-corrected chi connectivity index (χ1v) is 11.9. The minimum Gasteiger partial charge on any atom is -0.497 e. The molecular formula is C28H31N3O2. The van der Waals surface area contributed by atoms with Crippen molar-refractivity contribution in [3.05, 3.63) is 54.1 Å². The highest BCUT2D eigenvalue weighted by molar-refractivity contribution is 6.06. The van der Waals surface area contributed by atoms with Crippen LogP contribution in [-0.2, 0) is 5.41 Å². The summed E-state index contributed by atoms with van der Waals surface area (Å²) >= 11 is 0. The normalized spacial score (nSPS) is 22.9. The van der Waals surface area contributed by atoms with Crippen LogP contribution in [0.15, 0.2) is 53.5 Å². The first kappa shape index (κ1) is 20.4. The Morgan fingerprint density at radius 1 is 0.939 bits per heavy atom. The van der Waals surface area contributed by atoms with E-state index in [0.717, 1.165) is 41.3 Å². The predicted octanol–water partition coefficient (Wildman–Crippen LogP) is 6.06. The van der Waals surface area contributed by atoms with E-state index in [1.165, 1.54) is 35.9 Å². The predicted molar refractivity (Wildman–Crippen MR) is 136 cm³/mol. The van der Waals surface area contributed by atoms with Gasteiger partial charge in [0.25, 0.3) is 0 Å². The Kier molecular flexibility index (Phi) is 4.42. The van der Waals surface area contributed by atoms with Crippen LogP contribution in [0.3, 0.4) is 0 Å². The van der Waals surface area contributed by atoms with Gasteiger partial charge in [-0.15, -0.1) is 0 Å². The van der Waals surface area contributed by atoms with E-state index < -0.39 is 5.72 Å². The van der Waals surface area contributed by atoms with Gasteiger partial charge in [-0.05, 0) is 56.9 Å². The monoisotopic (exact) mass is 441 g/mol. The molecule has 0 radical (unpaired) electrons. The smallest absolute Gasteiger partial charge is 0.228 e. The van der Waals surface area contributed by atoms with Crippen LogP contribution in [0.4, 0.5) is 17.1 Å². The number of methoxy groups -OCH3 is 1. The van der Waals surface area contributed by atoms with E-state index in [-0.39, 0.29) is 5.41 Å². The van der Waals surface area contributed by atoms with Gasteiger partial charge in [-0.25, -0.2) is 0 Å². The zero-order valence-corrected chi connectivity index (χ0v) is 19.9. The first-order valence-electron chi connectivity index (χ1n) is 11.9. The second kappa shape index (κ2) is 7.14. The Morgan fingerprint density at radius 3 is 2.45 bits per heavy atom. The zero-order valence-electron chi connectivity index (χ0n) is 19.9. The number of nitrogens with zero attached hydrogens (tertiary/aromatic N) is 3. The van der Waals surface area contributed by atoms with Gasteiger partial charge >= 0.3 is 0 Å². The molecule has 1 spiro atoms. The standard InChI is InChI=1S/C28H31N3O2/c1-27(2)22-16-19(32-4)12-13-23(22)30(3)28(27)18-29-26-21-11-7-6-10-20(21)24(17-25(26)33-28)31-14-8-5-9-15-31/h6-7,10-13,16-18H,5,8-9,14-15H2,1-4H3. The second-order valence-corrected chi connectivity index (χ2v) is 9.96. The molecule has 0 aromatic heterocycles. The third kappa shape index (κ3) is 2.74. The number of anilines is 2. The average Bonchev–Trinajstić information content (AvgIpc) is 3.01. The molecule has 170 valence electrons. The lowest BCUT2D eigenvalue weighted by molar-refractivity contribution is 0.0826. The maximum Gasteiger partial charge on any atom is 0.228 e. The van der Waals surface area contributed by atoms with Crippen molar-refractivity contribution in [2.45, 2.75) is 44.2 Å². The van der Waals surface area contributed by atoms with Crippen molar-refractivity contribution >= 4 is 34.0 Å². The van der Waals surface area contributed by atoms with Gasteiger partial charge in [-0.3, -0.25) is 4.99 Å². The first-order chi connectivity index (χ1) is 16.0. The van der Waals surface area contributed by atoms with E-state index in [0.29, 0.717) is 0 Å². The minimum atomic E-state index is -0.712. The summed E-state index contributed by atoms with van der Waals surface area (Å²) in [4.78, 5) is 9.82. The van der Waals surface area contributed by atoms with Crippen LogP contribution in [0.2, 0.25) is 0 Å². The van der Waals surface area contributed by atoms with Crippen molar-refractivity contribution in [1.29, 1.82) is 0 Å². The molecule has 1 atom stereocenters. The van der Waals surface area contributed by atoms with Gasteiger partial charge in [0, 0.05) is 48.4 Å². The van der Waals surface area contributed by atoms with E-state index in [9.17, 15) is 0 Å². The maximum absolute atomic E-state index is 7.01. The Labute approximate surface area is 195 Å². The lowest BCUT2D eigenvalue weighted by atomic mass is 9.77. The molecule has 3 aromatic carbocycles. The molecule has 5 nitrogen and oxygen atoms in total. The molecule has 1 fully saturated rings. The molecule has 6 rings (SSSR count). The molecule has 0 N–H and O–H groups in total. The largest absolute Gasteiger partial charge is 0.497 e. The van der Waals surface area contributed by atoms with Crippen LogP contribution >= 0.6 is 0 Å². The molecule has 3 aromatic rings. The third-order valence-electron chi connectivity index (χ3n) is 7.92. The third-order valence-corrected chi connectivity index (χ3v) is 7.92. The van der Waals surface area contributed by atoms with Crippen molar-refractivity contribution in [2.24, 2.45) is 4.99 Å². The average molecular weight is 442 g/mol. The molecular weight excluding hydrogens is 410 g/mol. The number of fused-ring (bicyclic) bond motifs is 4. The Balaban J connectivity index is 1.51. The molecule has 1 saturated heterocycles. The zero-order chi connectivity index (χ0) is 22.8. The molecule has 3 aliphatic rings. The minimum absolute atomic E-state index is 0.330. The number of aliphatic imine (C=N–C) groups is 1. The molecule has 3 aliphatic heterocycles. The maximum atomic E-state index is 7.01. The molecule has 5 heteroatoms. The van der Waals surface area contributed by atoms with Crippen LogP contribution in [0.1, 0.15) is 38.7 Å². The van der Waals surface area contributed by atoms with Gasteiger partial charge in [0.2, 0.25) is 5.72 Å². The topological polar surface area (TPSA) is 37.3 Å². The SMILES string of the molecule is COc1ccc2c(c1)C(C)(C)C1(C=Nc3c(cc(N4CCCCC4)c4ccccc34)O1)N2C. The summed E-state index contributed by atoms with van der Waals surface area (Å²) in [6, 6.07) is 17.1. The van der Waals surface area contributed by atoms with Crippen LogP contribution in [0.5, 0.6) is 11.5 Å². The summed E-state index contributed by atoms with van der Waals surface area (Å²) in [5.74, 6) is 1.72. The fourth-order valence-corrected chi connectivity index (χ4v) is 5.94. The van der Waals surface area contributed by atoms with Gasteiger partial charge in [-0.1, -0.05) is 24.3 Å². The number of piperidine rings is 1. The fraction of sp³-hybridized carbons (Fsp3) is 0.393. The number of ether oxygens (including phenoxy) is 2. The van der Waals surface area contributed by atoms with Crippen LogP contribution in [0.25, 0.3) is 10.8 Å². The number of hydrogen-bond acceptors (Lipinski definition) is 5. The molecule has 33 heavy (non-hydrogen) atoms. The highest BCUT2D eigenvalue weighted by Crippen LogP contribution is 2.55. The van der Waals surface area contributed by atoms with Gasteiger partial charge in [0.15, 0.2) is 5.75 Å². The molecule has 0 aliphatic carbocycles. The van der Waals surface area contributed by atoms with Crippen LogP contribution in [0, 0.1) is 0 Å². The van der Waals surface area contributed by atoms with Crippen molar-refractivity contribution in [3.8, 4) is 11.5 Å². The number of hydrogen-bond donors (Lipinski definition) is 0. The lowest BCUT2D eigenvalue weighted by Gasteiger charge is -2.45. The second-order valence-electron chi connectivity index (χ2n) is 9.96. The molecule has 0 amide bonds. The summed E-state index contributed by atoms with van der Waals surface area (Å²) in [7, 11) is 3.81. The Morgan fingerprint density at radius 2 is 1.70 bits per heavy atom. The van der Waals surface area contributed by atoms with Crippen molar-refractivity contribution < 1.29 is 9.47 Å². The van der Waals surface area contributed by atoms with E-state index >= 15 is 0 Å². The summed E-state index contributed by atoms with van der Waals surface area (Å²) < 4.78 is 12.5. The summed E-state index contributed by atoms with van der Waals surface area (Å²) in [6.45, 7) is 6.65. The summed E-state index contributed by atoms with van der Waals surface area (Å²) in [6.07, 6.45) is 5.79. The highest BCUT2D eigenvalue weighted by atomic mass is 16.5. The van der Waals surface area contributed by atoms with E-state index in [1.807, 2.05) is 12.3 Å². The van der Waals surface area contributed by atoms with Gasteiger partial charge in [0.05, 0.1) is 18.7 Å². The number of rotatable bonds is 2. The lowest BCUT2D eigenvalue weighted by Crippen LogP contribution is -2.61. The van der Waals surface area contributed by atoms with Crippen molar-refractivity contribution in [1.82, 2.24) is 0 Å². The molecule has 3 heterocycles. The van der Waals surface area contributed by atoms with Gasteiger partial charge in [0.1, 0.15) is 11.4 Å². The van der Waals surface area contributed by atoms with Crippen LogP contribution in [-0.4, -0.2) is 39.2 Å². The Bertz CT molecular complexity index is 1280. The summed E-state index contributed by atoms with van der Waals surface area (Å²) in [5.41, 5.74) is 3.49. The number of likely N-dealkylation sites (N-methyl/N-ethyl adjacent to an activating group) is 1. The van der Waals surface area contributed by atoms with Crippen molar-refractivity contribution in [2.75, 3.05) is 37.0 Å². The fourth-order valence-electron chi connectivity index (χ4n) is 5.94. The number of benzene rings is 3. The van der Waals surface area contributed by atoms with Gasteiger partial charge in [-0.2, -0.15) is 0 Å². The highest BCUT2D eigenvalue weighted by Gasteiger charge is 2.58. The molecule has 1 unspecified atom stereocenters. The molecule has 0 saturated carbocycles. The molecule has 0 bridgehead atoms. The summed E-state index contributed by atoms with van der Waals surface area (Å²) in [5, 5.41) is 2.40. The van der Waals surface area contributed by atoms with Gasteiger partial charge < -0.3 is 19.3 Å².